The van der Waals surface area contributed by atoms with Crippen molar-refractivity contribution in [3.8, 4) is 5.88 Å². The molecule has 2 amide bonds. The summed E-state index contributed by atoms with van der Waals surface area (Å²) in [5.74, 6) is 0.647. The van der Waals surface area contributed by atoms with E-state index >= 15 is 0 Å². The van der Waals surface area contributed by atoms with E-state index in [1.54, 1.807) is 0 Å². The van der Waals surface area contributed by atoms with Gasteiger partial charge in [0.25, 0.3) is 0 Å². The molecule has 1 aromatic heterocycles. The monoisotopic (exact) mass is 374 g/mol. The molecule has 0 unspecified atom stereocenters. The number of rotatable bonds is 10. The second kappa shape index (κ2) is 12.3. The van der Waals surface area contributed by atoms with E-state index in [-0.39, 0.29) is 12.1 Å². The minimum atomic E-state index is -0.124. The van der Waals surface area contributed by atoms with Crippen LogP contribution in [0.1, 0.15) is 51.5 Å². The van der Waals surface area contributed by atoms with Crippen LogP contribution in [-0.4, -0.2) is 48.2 Å². The molecule has 0 bridgehead atoms. The van der Waals surface area contributed by atoms with Gasteiger partial charge in [-0.1, -0.05) is 26.3 Å². The number of carbonyl (C=O) groups is 1. The topological polar surface area (TPSA) is 66.5 Å². The molecule has 1 aliphatic rings. The number of pyridine rings is 1. The first-order valence-electron chi connectivity index (χ1n) is 10.2. The highest BCUT2D eigenvalue weighted by atomic mass is 16.5. The Balaban J connectivity index is 1.65. The Bertz CT molecular complexity index is 581. The second-order valence-corrected chi connectivity index (χ2v) is 6.99. The molecular weight excluding hydrogens is 340 g/mol. The number of nitrogens with one attached hydrogen (secondary N) is 2. The van der Waals surface area contributed by atoms with Crippen molar-refractivity contribution in [2.45, 2.75) is 58.5 Å². The van der Waals surface area contributed by atoms with Crippen LogP contribution in [0, 0.1) is 0 Å². The van der Waals surface area contributed by atoms with Gasteiger partial charge in [0.1, 0.15) is 6.61 Å². The van der Waals surface area contributed by atoms with Crippen LogP contribution in [0.15, 0.2) is 30.5 Å². The first-order valence-corrected chi connectivity index (χ1v) is 10.2. The maximum Gasteiger partial charge on any atom is 0.315 e. The number of carbonyl (C=O) groups excluding carboxylic acids is 1. The van der Waals surface area contributed by atoms with Crippen LogP contribution in [0.3, 0.4) is 0 Å². The van der Waals surface area contributed by atoms with E-state index in [0.29, 0.717) is 19.0 Å². The van der Waals surface area contributed by atoms with E-state index in [2.05, 4.69) is 40.4 Å². The van der Waals surface area contributed by atoms with Gasteiger partial charge in [0.05, 0.1) is 0 Å². The Hall–Kier alpha value is -2.08. The third kappa shape index (κ3) is 8.43. The molecule has 1 aromatic rings. The molecular formula is C21H34N4O2. The zero-order chi connectivity index (χ0) is 19.3. The largest absolute Gasteiger partial charge is 0.473 e. The van der Waals surface area contributed by atoms with Crippen molar-refractivity contribution in [3.05, 3.63) is 36.0 Å². The van der Waals surface area contributed by atoms with Crippen LogP contribution in [0.25, 0.3) is 0 Å². The summed E-state index contributed by atoms with van der Waals surface area (Å²) in [7, 11) is 0. The van der Waals surface area contributed by atoms with Crippen LogP contribution < -0.4 is 15.4 Å². The van der Waals surface area contributed by atoms with Crippen molar-refractivity contribution in [2.75, 3.05) is 26.2 Å². The molecule has 1 fully saturated rings. The number of hydrogen-bond donors (Lipinski definition) is 2. The van der Waals surface area contributed by atoms with Gasteiger partial charge in [-0.2, -0.15) is 0 Å². The normalized spacial score (nSPS) is 15.2. The smallest absolute Gasteiger partial charge is 0.315 e. The van der Waals surface area contributed by atoms with Crippen molar-refractivity contribution >= 4 is 6.03 Å². The van der Waals surface area contributed by atoms with Crippen molar-refractivity contribution < 1.29 is 9.53 Å². The number of nitrogens with zero attached hydrogens (tertiary/aromatic N) is 2. The number of amides is 2. The van der Waals surface area contributed by atoms with E-state index in [4.69, 9.17) is 4.74 Å². The molecule has 0 aliphatic carbocycles. The van der Waals surface area contributed by atoms with E-state index < -0.39 is 0 Å². The van der Waals surface area contributed by atoms with E-state index in [1.165, 1.54) is 37.9 Å². The molecule has 0 radical (unpaired) electrons. The van der Waals surface area contributed by atoms with Crippen LogP contribution >= 0.6 is 0 Å². The third-order valence-corrected chi connectivity index (χ3v) is 4.85. The predicted molar refractivity (Wildman–Crippen MR) is 109 cm³/mol. The fourth-order valence-corrected chi connectivity index (χ4v) is 3.17. The molecule has 150 valence electrons. The van der Waals surface area contributed by atoms with Gasteiger partial charge in [-0.3, -0.25) is 4.90 Å². The van der Waals surface area contributed by atoms with E-state index in [0.717, 1.165) is 19.4 Å². The number of piperidine rings is 1. The molecule has 6 nitrogen and oxygen atoms in total. The number of hydrogen-bond acceptors (Lipinski definition) is 4. The number of urea groups is 1. The Labute approximate surface area is 163 Å². The van der Waals surface area contributed by atoms with E-state index in [9.17, 15) is 4.79 Å². The molecule has 2 N–H and O–H groups in total. The average molecular weight is 375 g/mol. The highest BCUT2D eigenvalue weighted by molar-refractivity contribution is 5.74. The first-order chi connectivity index (χ1) is 13.2. The van der Waals surface area contributed by atoms with Gasteiger partial charge >= 0.3 is 6.03 Å². The Kier molecular flexibility index (Phi) is 9.69. The maximum absolute atomic E-state index is 11.7. The molecule has 0 saturated carbocycles. The Morgan fingerprint density at radius 1 is 1.26 bits per heavy atom. The number of ether oxygens (including phenoxy) is 1. The Morgan fingerprint density at radius 3 is 2.78 bits per heavy atom. The van der Waals surface area contributed by atoms with Crippen molar-refractivity contribution in [2.24, 2.45) is 0 Å². The molecule has 6 heteroatoms. The standard InChI is InChI=1S/C21H34N4O2/c1-3-19(4-2)24-21(26)23-11-6-9-15-27-20-16-18(10-12-22-20)17-25-13-7-5-8-14-25/h6,9-10,12,16,19H,3-5,7-8,11,13-15,17H2,1-2H3,(H2,23,24,26)/b9-6-. The average Bonchev–Trinajstić information content (AvgIpc) is 2.70. The summed E-state index contributed by atoms with van der Waals surface area (Å²) < 4.78 is 5.70. The molecule has 0 aromatic carbocycles. The molecule has 0 atom stereocenters. The fraction of sp³-hybridized carbons (Fsp3) is 0.619. The lowest BCUT2D eigenvalue weighted by Crippen LogP contribution is -2.41. The number of aromatic nitrogens is 1. The van der Waals surface area contributed by atoms with Gasteiger partial charge in [0, 0.05) is 31.4 Å². The maximum atomic E-state index is 11.7. The summed E-state index contributed by atoms with van der Waals surface area (Å²) in [6.45, 7) is 8.39. The zero-order valence-electron chi connectivity index (χ0n) is 16.7. The van der Waals surface area contributed by atoms with Gasteiger partial charge in [-0.15, -0.1) is 0 Å². The van der Waals surface area contributed by atoms with Crippen molar-refractivity contribution in [1.29, 1.82) is 0 Å². The zero-order valence-corrected chi connectivity index (χ0v) is 16.7. The van der Waals surface area contributed by atoms with Crippen LogP contribution in [0.2, 0.25) is 0 Å². The van der Waals surface area contributed by atoms with Crippen molar-refractivity contribution in [3.63, 3.8) is 0 Å². The van der Waals surface area contributed by atoms with Crippen LogP contribution in [0.4, 0.5) is 4.79 Å². The number of likely N-dealkylation sites (tertiary alicyclic amines) is 1. The highest BCUT2D eigenvalue weighted by Crippen LogP contribution is 2.15. The molecule has 2 rings (SSSR count). The van der Waals surface area contributed by atoms with Gasteiger partial charge in [-0.25, -0.2) is 9.78 Å². The lowest BCUT2D eigenvalue weighted by Gasteiger charge is -2.26. The second-order valence-electron chi connectivity index (χ2n) is 6.99. The SMILES string of the molecule is CCC(CC)NC(=O)NC/C=C\COc1cc(CN2CCCCC2)ccn1. The molecule has 27 heavy (non-hydrogen) atoms. The lowest BCUT2D eigenvalue weighted by atomic mass is 10.1. The summed E-state index contributed by atoms with van der Waals surface area (Å²) in [6, 6.07) is 4.19. The highest BCUT2D eigenvalue weighted by Gasteiger charge is 2.11. The van der Waals surface area contributed by atoms with Gasteiger partial charge < -0.3 is 15.4 Å². The van der Waals surface area contributed by atoms with Crippen molar-refractivity contribution in [1.82, 2.24) is 20.5 Å². The molecule has 2 heterocycles. The first kappa shape index (κ1) is 21.2. The summed E-state index contributed by atoms with van der Waals surface area (Å²) >= 11 is 0. The molecule has 0 spiro atoms. The van der Waals surface area contributed by atoms with Crippen LogP contribution in [-0.2, 0) is 6.54 Å². The van der Waals surface area contributed by atoms with E-state index in [1.807, 2.05) is 24.4 Å². The third-order valence-electron chi connectivity index (χ3n) is 4.85. The lowest BCUT2D eigenvalue weighted by molar-refractivity contribution is 0.220. The van der Waals surface area contributed by atoms with Gasteiger partial charge in [0.15, 0.2) is 0 Å². The minimum absolute atomic E-state index is 0.124. The van der Waals surface area contributed by atoms with Gasteiger partial charge in [0.2, 0.25) is 5.88 Å². The van der Waals surface area contributed by atoms with Crippen LogP contribution in [0.5, 0.6) is 5.88 Å². The predicted octanol–water partition coefficient (Wildman–Crippen LogP) is 3.49. The summed E-state index contributed by atoms with van der Waals surface area (Å²) in [5, 5.41) is 5.77. The summed E-state index contributed by atoms with van der Waals surface area (Å²) in [4.78, 5) is 18.5. The summed E-state index contributed by atoms with van der Waals surface area (Å²) in [5.41, 5.74) is 1.24. The van der Waals surface area contributed by atoms with Gasteiger partial charge in [-0.05, 0) is 56.5 Å². The molecule has 1 saturated heterocycles. The molecule has 1 aliphatic heterocycles. The fourth-order valence-electron chi connectivity index (χ4n) is 3.17. The minimum Gasteiger partial charge on any atom is -0.473 e. The summed E-state index contributed by atoms with van der Waals surface area (Å²) in [6.07, 6.45) is 11.4. The Morgan fingerprint density at radius 2 is 2.04 bits per heavy atom. The quantitative estimate of drug-likeness (QED) is 0.615.